The van der Waals surface area contributed by atoms with Crippen molar-refractivity contribution in [3.8, 4) is 0 Å². The summed E-state index contributed by atoms with van der Waals surface area (Å²) in [5, 5.41) is 11.6. The lowest BCUT2D eigenvalue weighted by atomic mass is 9.69. The number of aromatic nitrogens is 3. The summed E-state index contributed by atoms with van der Waals surface area (Å²) in [5.41, 5.74) is 5.61. The fourth-order valence-electron chi connectivity index (χ4n) is 5.84. The van der Waals surface area contributed by atoms with Gasteiger partial charge in [-0.3, -0.25) is 14.5 Å². The minimum absolute atomic E-state index is 0.0950. The molecule has 0 aliphatic heterocycles. The number of rotatable bonds is 7. The molecule has 2 aromatic heterocycles. The molecule has 1 saturated carbocycles. The summed E-state index contributed by atoms with van der Waals surface area (Å²) in [6.45, 7) is 1.48. The van der Waals surface area contributed by atoms with E-state index in [1.165, 1.54) is 43.4 Å². The summed E-state index contributed by atoms with van der Waals surface area (Å²) >= 11 is 0. The van der Waals surface area contributed by atoms with Crippen LogP contribution in [0.1, 0.15) is 71.4 Å². The van der Waals surface area contributed by atoms with Gasteiger partial charge in [0.2, 0.25) is 0 Å². The number of pyridine rings is 1. The first-order valence-electron chi connectivity index (χ1n) is 12.7. The van der Waals surface area contributed by atoms with Gasteiger partial charge in [0.1, 0.15) is 0 Å². The largest absolute Gasteiger partial charge is 0.347 e. The smallest absolute Gasteiger partial charge is 0.272 e. The fourth-order valence-corrected chi connectivity index (χ4v) is 5.84. The van der Waals surface area contributed by atoms with Crippen molar-refractivity contribution in [3.05, 3.63) is 82.9 Å². The van der Waals surface area contributed by atoms with Crippen LogP contribution in [-0.4, -0.2) is 33.3 Å². The van der Waals surface area contributed by atoms with Gasteiger partial charge in [0.15, 0.2) is 5.69 Å². The number of benzene rings is 1. The molecule has 2 aliphatic rings. The molecule has 0 bridgehead atoms. The van der Waals surface area contributed by atoms with Gasteiger partial charge in [-0.1, -0.05) is 49.6 Å². The maximum absolute atomic E-state index is 13.0. The summed E-state index contributed by atoms with van der Waals surface area (Å²) in [4.78, 5) is 17.1. The van der Waals surface area contributed by atoms with Gasteiger partial charge in [-0.15, -0.1) is 0 Å². The minimum Gasteiger partial charge on any atom is -0.347 e. The van der Waals surface area contributed by atoms with E-state index in [-0.39, 0.29) is 11.3 Å². The molecule has 2 heterocycles. The number of aryl methyl sites for hydroxylation is 1. The molecule has 0 saturated heterocycles. The third-order valence-corrected chi connectivity index (χ3v) is 7.80. The molecule has 5 rings (SSSR count). The van der Waals surface area contributed by atoms with Gasteiger partial charge in [0.05, 0.1) is 0 Å². The molecule has 0 radical (unpaired) electrons. The average molecular weight is 458 g/mol. The van der Waals surface area contributed by atoms with Gasteiger partial charge >= 0.3 is 0 Å². The average Bonchev–Trinajstić information content (AvgIpc) is 3.23. The highest BCUT2D eigenvalue weighted by Gasteiger charge is 2.35. The van der Waals surface area contributed by atoms with E-state index in [2.05, 4.69) is 51.0 Å². The molecule has 34 heavy (non-hydrogen) atoms. The Kier molecular flexibility index (Phi) is 6.77. The van der Waals surface area contributed by atoms with Gasteiger partial charge in [0, 0.05) is 55.2 Å². The molecule has 0 unspecified atom stereocenters. The van der Waals surface area contributed by atoms with Crippen LogP contribution in [0.4, 0.5) is 0 Å². The molecule has 2 aliphatic carbocycles. The van der Waals surface area contributed by atoms with Crippen molar-refractivity contribution < 1.29 is 4.79 Å². The fraction of sp³-hybridized carbons (Fsp3) is 0.464. The van der Waals surface area contributed by atoms with Gasteiger partial charge in [-0.25, -0.2) is 0 Å². The Morgan fingerprint density at radius 1 is 1.09 bits per heavy atom. The summed E-state index contributed by atoms with van der Waals surface area (Å²) in [6, 6.07) is 15.3. The topological polar surface area (TPSA) is 71.8 Å². The van der Waals surface area contributed by atoms with Crippen molar-refractivity contribution in [2.75, 3.05) is 6.54 Å². The highest BCUT2D eigenvalue weighted by molar-refractivity contribution is 5.94. The summed E-state index contributed by atoms with van der Waals surface area (Å²) in [5.74, 6) is -0.0950. The van der Waals surface area contributed by atoms with Crippen LogP contribution in [0.15, 0.2) is 54.9 Å². The molecular weight excluding hydrogens is 422 g/mol. The monoisotopic (exact) mass is 457 g/mol. The molecule has 1 atom stereocenters. The minimum atomic E-state index is -0.0950. The zero-order chi connectivity index (χ0) is 23.4. The second kappa shape index (κ2) is 10.1. The number of amides is 1. The number of carbonyl (C=O) groups excluding carboxylic acids is 1. The van der Waals surface area contributed by atoms with E-state index in [1.807, 2.05) is 23.9 Å². The van der Waals surface area contributed by atoms with E-state index in [0.29, 0.717) is 18.3 Å². The highest BCUT2D eigenvalue weighted by atomic mass is 16.1. The van der Waals surface area contributed by atoms with Crippen LogP contribution in [0.25, 0.3) is 0 Å². The van der Waals surface area contributed by atoms with Gasteiger partial charge in [-0.05, 0) is 55.4 Å². The van der Waals surface area contributed by atoms with Crippen LogP contribution in [0.2, 0.25) is 0 Å². The van der Waals surface area contributed by atoms with Gasteiger partial charge < -0.3 is 10.6 Å². The van der Waals surface area contributed by atoms with Crippen molar-refractivity contribution in [1.82, 2.24) is 25.4 Å². The number of nitrogens with one attached hydrogen (secondary N) is 2. The number of hydrogen-bond acceptors (Lipinski definition) is 4. The number of nitrogens with zero attached hydrogens (tertiary/aromatic N) is 3. The van der Waals surface area contributed by atoms with Crippen molar-refractivity contribution in [2.24, 2.45) is 7.05 Å². The predicted octanol–water partition coefficient (Wildman–Crippen LogP) is 4.09. The first kappa shape index (κ1) is 22.8. The van der Waals surface area contributed by atoms with E-state index in [1.54, 1.807) is 12.4 Å². The molecule has 1 fully saturated rings. The SMILES string of the molecule is Cn1nc(C(=O)NCc2ccncc2)c2c1CC[C@H](NCC1(c3ccccc3)CCCCC1)C2. The molecule has 2 N–H and O–H groups in total. The Morgan fingerprint density at radius 2 is 1.85 bits per heavy atom. The zero-order valence-electron chi connectivity index (χ0n) is 20.1. The van der Waals surface area contributed by atoms with Crippen molar-refractivity contribution in [1.29, 1.82) is 0 Å². The van der Waals surface area contributed by atoms with Crippen LogP contribution in [0, 0.1) is 0 Å². The van der Waals surface area contributed by atoms with Crippen molar-refractivity contribution >= 4 is 5.91 Å². The molecular formula is C28H35N5O. The van der Waals surface area contributed by atoms with Crippen molar-refractivity contribution in [3.63, 3.8) is 0 Å². The third-order valence-electron chi connectivity index (χ3n) is 7.80. The van der Waals surface area contributed by atoms with E-state index in [4.69, 9.17) is 0 Å². The normalized spacial score (nSPS) is 19.4. The second-order valence-electron chi connectivity index (χ2n) is 9.96. The van der Waals surface area contributed by atoms with Crippen LogP contribution >= 0.6 is 0 Å². The summed E-state index contributed by atoms with van der Waals surface area (Å²) < 4.78 is 1.90. The maximum Gasteiger partial charge on any atom is 0.272 e. The van der Waals surface area contributed by atoms with E-state index in [0.717, 1.165) is 36.9 Å². The molecule has 1 amide bonds. The van der Waals surface area contributed by atoms with Gasteiger partial charge in [-0.2, -0.15) is 5.10 Å². The predicted molar refractivity (Wildman–Crippen MR) is 134 cm³/mol. The quantitative estimate of drug-likeness (QED) is 0.561. The Balaban J connectivity index is 1.27. The Labute approximate surface area is 202 Å². The number of carbonyl (C=O) groups is 1. The lowest BCUT2D eigenvalue weighted by Crippen LogP contribution is -2.45. The number of fused-ring (bicyclic) bond motifs is 1. The van der Waals surface area contributed by atoms with E-state index in [9.17, 15) is 4.79 Å². The zero-order valence-corrected chi connectivity index (χ0v) is 20.1. The van der Waals surface area contributed by atoms with E-state index >= 15 is 0 Å². The molecule has 178 valence electrons. The first-order valence-corrected chi connectivity index (χ1v) is 12.7. The number of hydrogen-bond donors (Lipinski definition) is 2. The Morgan fingerprint density at radius 3 is 2.62 bits per heavy atom. The third kappa shape index (κ3) is 4.78. The van der Waals surface area contributed by atoms with Crippen LogP contribution in [0.5, 0.6) is 0 Å². The van der Waals surface area contributed by atoms with Crippen molar-refractivity contribution in [2.45, 2.75) is 69.4 Å². The van der Waals surface area contributed by atoms with Crippen LogP contribution in [-0.2, 0) is 31.8 Å². The first-order chi connectivity index (χ1) is 16.6. The lowest BCUT2D eigenvalue weighted by Gasteiger charge is -2.40. The van der Waals surface area contributed by atoms with Crippen LogP contribution in [0.3, 0.4) is 0 Å². The molecule has 0 spiro atoms. The van der Waals surface area contributed by atoms with Crippen LogP contribution < -0.4 is 10.6 Å². The molecule has 6 heteroatoms. The maximum atomic E-state index is 13.0. The Hall–Kier alpha value is -2.99. The Bertz CT molecular complexity index is 1100. The summed E-state index contributed by atoms with van der Waals surface area (Å²) in [7, 11) is 1.96. The standard InChI is InChI=1S/C28H35N5O/c1-33-25-11-10-23(31-20-28(14-6-3-7-15-28)22-8-4-2-5-9-22)18-24(25)26(32-33)27(34)30-19-21-12-16-29-17-13-21/h2,4-5,8-9,12-13,16-17,23,31H,3,6-7,10-11,14-15,18-20H2,1H3,(H,30,34)/t23-/m0/s1. The van der Waals surface area contributed by atoms with Gasteiger partial charge in [0.25, 0.3) is 5.91 Å². The summed E-state index contributed by atoms with van der Waals surface area (Å²) in [6.07, 6.45) is 12.8. The van der Waals surface area contributed by atoms with E-state index < -0.39 is 0 Å². The second-order valence-corrected chi connectivity index (χ2v) is 9.96. The molecule has 1 aromatic carbocycles. The molecule has 6 nitrogen and oxygen atoms in total. The highest BCUT2D eigenvalue weighted by Crippen LogP contribution is 2.39. The lowest BCUT2D eigenvalue weighted by molar-refractivity contribution is 0.0944. The molecule has 3 aromatic rings.